The first kappa shape index (κ1) is 18.0. The van der Waals surface area contributed by atoms with Gasteiger partial charge in [-0.1, -0.05) is 13.8 Å². The molecule has 0 aliphatic heterocycles. The van der Waals surface area contributed by atoms with Gasteiger partial charge in [-0.2, -0.15) is 0 Å². The van der Waals surface area contributed by atoms with E-state index >= 15 is 0 Å². The topological polar surface area (TPSA) is 75.4 Å². The van der Waals surface area contributed by atoms with Crippen molar-refractivity contribution in [1.29, 1.82) is 0 Å². The number of halogens is 2. The molecule has 0 aliphatic rings. The Labute approximate surface area is 147 Å². The van der Waals surface area contributed by atoms with Crippen molar-refractivity contribution in [3.8, 4) is 5.75 Å². The van der Waals surface area contributed by atoms with Crippen molar-refractivity contribution in [2.45, 2.75) is 32.7 Å². The average molecular weight is 502 g/mol. The lowest BCUT2D eigenvalue weighted by Crippen LogP contribution is -2.42. The van der Waals surface area contributed by atoms with E-state index in [9.17, 15) is 9.90 Å². The van der Waals surface area contributed by atoms with Gasteiger partial charge in [-0.15, -0.1) is 0 Å². The summed E-state index contributed by atoms with van der Waals surface area (Å²) in [4.78, 5) is 11.9. The van der Waals surface area contributed by atoms with Crippen LogP contribution in [0.1, 0.15) is 25.8 Å². The predicted molar refractivity (Wildman–Crippen MR) is 97.7 cm³/mol. The van der Waals surface area contributed by atoms with Crippen LogP contribution in [0.2, 0.25) is 0 Å². The highest BCUT2D eigenvalue weighted by Gasteiger charge is 2.15. The van der Waals surface area contributed by atoms with Gasteiger partial charge in [0.2, 0.25) is 5.91 Å². The highest BCUT2D eigenvalue weighted by Crippen LogP contribution is 2.27. The molecule has 1 aromatic rings. The molecule has 4 nitrogen and oxygen atoms in total. The molecule has 4 N–H and O–H groups in total. The van der Waals surface area contributed by atoms with Gasteiger partial charge in [0, 0.05) is 6.54 Å². The summed E-state index contributed by atoms with van der Waals surface area (Å²) in [5.41, 5.74) is 6.89. The molecule has 0 unspecified atom stereocenters. The maximum Gasteiger partial charge on any atom is 0.237 e. The molecule has 0 aromatic heterocycles. The van der Waals surface area contributed by atoms with Crippen LogP contribution in [0.5, 0.6) is 5.75 Å². The Morgan fingerprint density at radius 2 is 1.90 bits per heavy atom. The molecule has 1 amide bonds. The molecule has 0 heterocycles. The number of nitrogens with two attached hydrogens (primary N) is 1. The standard InChI is InChI=1S/C14H20I2N2O2/c1-8(2)3-4-18-14(20)12(17)7-9-5-10(15)13(19)11(16)6-9/h5-6,8,12,19H,3-4,7,17H2,1-2H3,(H,18,20)/t12-/m0/s1. The normalized spacial score (nSPS) is 12.5. The molecule has 0 aliphatic carbocycles. The summed E-state index contributed by atoms with van der Waals surface area (Å²) >= 11 is 4.15. The molecular weight excluding hydrogens is 482 g/mol. The quantitative estimate of drug-likeness (QED) is 0.524. The van der Waals surface area contributed by atoms with Crippen molar-refractivity contribution in [1.82, 2.24) is 5.32 Å². The minimum atomic E-state index is -0.557. The summed E-state index contributed by atoms with van der Waals surface area (Å²) in [5, 5.41) is 12.6. The van der Waals surface area contributed by atoms with Crippen molar-refractivity contribution in [2.75, 3.05) is 6.54 Å². The molecule has 1 atom stereocenters. The third-order valence-electron chi connectivity index (χ3n) is 2.89. The first-order valence-electron chi connectivity index (χ1n) is 6.51. The minimum Gasteiger partial charge on any atom is -0.506 e. The summed E-state index contributed by atoms with van der Waals surface area (Å²) in [6.45, 7) is 4.90. The summed E-state index contributed by atoms with van der Waals surface area (Å²) in [7, 11) is 0. The van der Waals surface area contributed by atoms with Crippen LogP contribution in [0, 0.1) is 13.1 Å². The number of aromatic hydroxyl groups is 1. The minimum absolute atomic E-state index is 0.122. The van der Waals surface area contributed by atoms with Crippen LogP contribution in [-0.2, 0) is 11.2 Å². The molecule has 0 fully saturated rings. The van der Waals surface area contributed by atoms with E-state index in [0.29, 0.717) is 18.9 Å². The van der Waals surface area contributed by atoms with Crippen LogP contribution >= 0.6 is 45.2 Å². The fraction of sp³-hybridized carbons (Fsp3) is 0.500. The first-order valence-corrected chi connectivity index (χ1v) is 8.67. The fourth-order valence-corrected chi connectivity index (χ4v) is 3.59. The number of rotatable bonds is 6. The molecule has 1 aromatic carbocycles. The lowest BCUT2D eigenvalue weighted by Gasteiger charge is -2.14. The van der Waals surface area contributed by atoms with E-state index < -0.39 is 6.04 Å². The molecule has 20 heavy (non-hydrogen) atoms. The molecule has 0 bridgehead atoms. The zero-order valence-electron chi connectivity index (χ0n) is 11.6. The molecule has 112 valence electrons. The number of hydrogen-bond donors (Lipinski definition) is 3. The maximum absolute atomic E-state index is 11.9. The fourth-order valence-electron chi connectivity index (χ4n) is 1.70. The van der Waals surface area contributed by atoms with Gasteiger partial charge >= 0.3 is 0 Å². The Morgan fingerprint density at radius 3 is 2.40 bits per heavy atom. The van der Waals surface area contributed by atoms with E-state index in [1.807, 2.05) is 12.1 Å². The van der Waals surface area contributed by atoms with Gasteiger partial charge in [0.15, 0.2) is 0 Å². The first-order chi connectivity index (χ1) is 9.31. The Morgan fingerprint density at radius 1 is 1.35 bits per heavy atom. The second-order valence-electron chi connectivity index (χ2n) is 5.19. The molecule has 0 saturated carbocycles. The Bertz CT molecular complexity index is 455. The van der Waals surface area contributed by atoms with E-state index in [0.717, 1.165) is 19.1 Å². The number of carbonyl (C=O) groups excluding carboxylic acids is 1. The Balaban J connectivity index is 2.57. The van der Waals surface area contributed by atoms with Gasteiger partial charge in [-0.3, -0.25) is 4.79 Å². The molecule has 0 saturated heterocycles. The molecular formula is C14H20I2N2O2. The number of benzene rings is 1. The number of phenolic OH excluding ortho intramolecular Hbond substituents is 1. The molecule has 0 spiro atoms. The van der Waals surface area contributed by atoms with Crippen molar-refractivity contribution in [3.05, 3.63) is 24.8 Å². The highest BCUT2D eigenvalue weighted by molar-refractivity contribution is 14.1. The van der Waals surface area contributed by atoms with Gasteiger partial charge in [0.05, 0.1) is 13.2 Å². The lowest BCUT2D eigenvalue weighted by atomic mass is 10.1. The van der Waals surface area contributed by atoms with Gasteiger partial charge in [0.1, 0.15) is 5.75 Å². The largest absolute Gasteiger partial charge is 0.506 e. The van der Waals surface area contributed by atoms with Gasteiger partial charge < -0.3 is 16.2 Å². The lowest BCUT2D eigenvalue weighted by molar-refractivity contribution is -0.122. The summed E-state index contributed by atoms with van der Waals surface area (Å²) in [6.07, 6.45) is 1.42. The van der Waals surface area contributed by atoms with Crippen LogP contribution in [0.4, 0.5) is 0 Å². The van der Waals surface area contributed by atoms with Crippen LogP contribution < -0.4 is 11.1 Å². The van der Waals surface area contributed by atoms with Crippen molar-refractivity contribution >= 4 is 51.1 Å². The smallest absolute Gasteiger partial charge is 0.237 e. The summed E-state index contributed by atoms with van der Waals surface area (Å²) in [5.74, 6) is 0.723. The predicted octanol–water partition coefficient (Wildman–Crippen LogP) is 2.63. The zero-order chi connectivity index (χ0) is 15.3. The monoisotopic (exact) mass is 502 g/mol. The number of carbonyl (C=O) groups is 1. The third kappa shape index (κ3) is 5.72. The van der Waals surface area contributed by atoms with E-state index in [1.165, 1.54) is 0 Å². The summed E-state index contributed by atoms with van der Waals surface area (Å²) < 4.78 is 1.55. The molecule has 1 rings (SSSR count). The second kappa shape index (κ2) is 8.38. The maximum atomic E-state index is 11.9. The van der Waals surface area contributed by atoms with Crippen molar-refractivity contribution in [2.24, 2.45) is 11.7 Å². The number of hydrogen-bond acceptors (Lipinski definition) is 3. The Kier molecular flexibility index (Phi) is 7.52. The van der Waals surface area contributed by atoms with Gasteiger partial charge in [0.25, 0.3) is 0 Å². The van der Waals surface area contributed by atoms with Crippen LogP contribution in [-0.4, -0.2) is 23.6 Å². The van der Waals surface area contributed by atoms with Crippen LogP contribution in [0.25, 0.3) is 0 Å². The number of nitrogens with one attached hydrogen (secondary N) is 1. The van der Waals surface area contributed by atoms with E-state index in [-0.39, 0.29) is 11.7 Å². The van der Waals surface area contributed by atoms with Gasteiger partial charge in [-0.25, -0.2) is 0 Å². The zero-order valence-corrected chi connectivity index (χ0v) is 15.9. The Hall–Kier alpha value is -0.0900. The highest BCUT2D eigenvalue weighted by atomic mass is 127. The second-order valence-corrected chi connectivity index (χ2v) is 7.52. The van der Waals surface area contributed by atoms with Crippen LogP contribution in [0.3, 0.4) is 0 Å². The number of phenols is 1. The van der Waals surface area contributed by atoms with E-state index in [2.05, 4.69) is 64.3 Å². The van der Waals surface area contributed by atoms with E-state index in [1.54, 1.807) is 0 Å². The third-order valence-corrected chi connectivity index (χ3v) is 4.53. The van der Waals surface area contributed by atoms with Gasteiger partial charge in [-0.05, 0) is 81.6 Å². The van der Waals surface area contributed by atoms with Crippen molar-refractivity contribution in [3.63, 3.8) is 0 Å². The summed E-state index contributed by atoms with van der Waals surface area (Å²) in [6, 6.07) is 3.16. The van der Waals surface area contributed by atoms with E-state index in [4.69, 9.17) is 5.73 Å². The number of amides is 1. The van der Waals surface area contributed by atoms with Crippen molar-refractivity contribution < 1.29 is 9.90 Å². The SMILES string of the molecule is CC(C)CCNC(=O)[C@@H](N)Cc1cc(I)c(O)c(I)c1. The molecule has 0 radical (unpaired) electrons. The molecule has 6 heteroatoms. The van der Waals surface area contributed by atoms with Crippen LogP contribution in [0.15, 0.2) is 12.1 Å². The average Bonchev–Trinajstić information content (AvgIpc) is 2.35.